The minimum atomic E-state index is -1.20. The molecule has 22 heavy (non-hydrogen) atoms. The average molecular weight is 314 g/mol. The van der Waals surface area contributed by atoms with Gasteiger partial charge in [-0.2, -0.15) is 0 Å². The van der Waals surface area contributed by atoms with Gasteiger partial charge in [0, 0.05) is 0 Å². The van der Waals surface area contributed by atoms with Crippen molar-refractivity contribution in [1.82, 2.24) is 10.2 Å². The van der Waals surface area contributed by atoms with Gasteiger partial charge in [0.25, 0.3) is 0 Å². The highest BCUT2D eigenvalue weighted by Gasteiger charge is 2.30. The van der Waals surface area contributed by atoms with Crippen molar-refractivity contribution >= 4 is 11.9 Å². The summed E-state index contributed by atoms with van der Waals surface area (Å²) < 4.78 is 32.6. The van der Waals surface area contributed by atoms with Crippen LogP contribution in [-0.4, -0.2) is 43.5 Å². The van der Waals surface area contributed by atoms with Crippen LogP contribution in [0.15, 0.2) is 18.2 Å². The standard InChI is InChI=1S/C15H20F2N2O3/c1-5-22-15(21)9(2)18-14(20)13(19(3)4)12-10(16)7-6-8-11(12)17/h6-9,13H,5H2,1-4H3,(H,18,20)/t9-,13+/m0/s1. The highest BCUT2D eigenvalue weighted by molar-refractivity contribution is 5.88. The van der Waals surface area contributed by atoms with E-state index in [0.29, 0.717) is 0 Å². The zero-order valence-corrected chi connectivity index (χ0v) is 13.0. The number of esters is 1. The molecule has 1 N–H and O–H groups in total. The number of hydrogen-bond donors (Lipinski definition) is 1. The van der Waals surface area contributed by atoms with E-state index in [1.54, 1.807) is 6.92 Å². The third kappa shape index (κ3) is 4.24. The van der Waals surface area contributed by atoms with Crippen LogP contribution in [0.4, 0.5) is 8.78 Å². The van der Waals surface area contributed by atoms with Crippen molar-refractivity contribution in [3.8, 4) is 0 Å². The smallest absolute Gasteiger partial charge is 0.328 e. The van der Waals surface area contributed by atoms with Crippen molar-refractivity contribution < 1.29 is 23.1 Å². The summed E-state index contributed by atoms with van der Waals surface area (Å²) in [5, 5.41) is 2.41. The molecule has 0 fully saturated rings. The van der Waals surface area contributed by atoms with Crippen LogP contribution in [0.3, 0.4) is 0 Å². The number of carbonyl (C=O) groups excluding carboxylic acids is 2. The van der Waals surface area contributed by atoms with Crippen molar-refractivity contribution in [2.45, 2.75) is 25.9 Å². The summed E-state index contributed by atoms with van der Waals surface area (Å²) in [7, 11) is 3.04. The molecule has 1 amide bonds. The number of benzene rings is 1. The zero-order chi connectivity index (χ0) is 16.9. The number of amides is 1. The number of rotatable bonds is 6. The molecule has 0 saturated carbocycles. The minimum Gasteiger partial charge on any atom is -0.464 e. The van der Waals surface area contributed by atoms with Gasteiger partial charge >= 0.3 is 5.97 Å². The van der Waals surface area contributed by atoms with E-state index in [-0.39, 0.29) is 12.2 Å². The molecule has 0 bridgehead atoms. The van der Waals surface area contributed by atoms with Gasteiger partial charge in [0.05, 0.1) is 12.2 Å². The van der Waals surface area contributed by atoms with Gasteiger partial charge in [-0.15, -0.1) is 0 Å². The van der Waals surface area contributed by atoms with E-state index >= 15 is 0 Å². The molecule has 0 aromatic heterocycles. The number of likely N-dealkylation sites (N-methyl/N-ethyl adjacent to an activating group) is 1. The van der Waals surface area contributed by atoms with Crippen LogP contribution in [0.5, 0.6) is 0 Å². The second-order valence-corrected chi connectivity index (χ2v) is 4.98. The Bertz CT molecular complexity index is 529. The molecular formula is C15H20F2N2O3. The molecule has 0 radical (unpaired) electrons. The van der Waals surface area contributed by atoms with Gasteiger partial charge in [0.2, 0.25) is 5.91 Å². The summed E-state index contributed by atoms with van der Waals surface area (Å²) in [5.74, 6) is -2.94. The first-order valence-corrected chi connectivity index (χ1v) is 6.86. The minimum absolute atomic E-state index is 0.179. The molecule has 0 aliphatic heterocycles. The highest BCUT2D eigenvalue weighted by Crippen LogP contribution is 2.24. The van der Waals surface area contributed by atoms with E-state index in [2.05, 4.69) is 5.32 Å². The first-order chi connectivity index (χ1) is 10.3. The number of hydrogen-bond acceptors (Lipinski definition) is 4. The first kappa shape index (κ1) is 18.0. The van der Waals surface area contributed by atoms with E-state index in [0.717, 1.165) is 12.1 Å². The van der Waals surface area contributed by atoms with Crippen molar-refractivity contribution in [2.24, 2.45) is 0 Å². The molecule has 1 rings (SSSR count). The normalized spacial score (nSPS) is 13.6. The van der Waals surface area contributed by atoms with Gasteiger partial charge in [0.15, 0.2) is 0 Å². The fraction of sp³-hybridized carbons (Fsp3) is 0.467. The van der Waals surface area contributed by atoms with Gasteiger partial charge in [-0.05, 0) is 40.1 Å². The third-order valence-corrected chi connectivity index (χ3v) is 3.04. The molecule has 0 aliphatic rings. The zero-order valence-electron chi connectivity index (χ0n) is 13.0. The fourth-order valence-corrected chi connectivity index (χ4v) is 2.01. The molecule has 0 spiro atoms. The summed E-state index contributed by atoms with van der Waals surface area (Å²) in [4.78, 5) is 25.2. The summed E-state index contributed by atoms with van der Waals surface area (Å²) in [6.07, 6.45) is 0. The van der Waals surface area contributed by atoms with Crippen LogP contribution in [-0.2, 0) is 14.3 Å². The van der Waals surface area contributed by atoms with Crippen LogP contribution >= 0.6 is 0 Å². The van der Waals surface area contributed by atoms with Gasteiger partial charge < -0.3 is 10.1 Å². The lowest BCUT2D eigenvalue weighted by Crippen LogP contribution is -2.45. The number of carbonyl (C=O) groups is 2. The number of halogens is 2. The molecule has 0 saturated heterocycles. The van der Waals surface area contributed by atoms with Crippen molar-refractivity contribution in [3.63, 3.8) is 0 Å². The summed E-state index contributed by atoms with van der Waals surface area (Å²) in [6.45, 7) is 3.27. The monoisotopic (exact) mass is 314 g/mol. The second kappa shape index (κ2) is 7.84. The Balaban J connectivity index is 3.02. The summed E-state index contributed by atoms with van der Waals surface area (Å²) in [6, 6.07) is 1.27. The van der Waals surface area contributed by atoms with E-state index < -0.39 is 35.6 Å². The lowest BCUT2D eigenvalue weighted by molar-refractivity contribution is -0.147. The van der Waals surface area contributed by atoms with Gasteiger partial charge in [-0.3, -0.25) is 9.69 Å². The van der Waals surface area contributed by atoms with Crippen molar-refractivity contribution in [1.29, 1.82) is 0 Å². The van der Waals surface area contributed by atoms with E-state index in [1.807, 2.05) is 0 Å². The quantitative estimate of drug-likeness (QED) is 0.811. The Labute approximate surface area is 128 Å². The van der Waals surface area contributed by atoms with Gasteiger partial charge in [-0.1, -0.05) is 6.07 Å². The molecule has 7 heteroatoms. The maximum atomic E-state index is 13.9. The predicted octanol–water partition coefficient (Wildman–Crippen LogP) is 1.64. The number of ether oxygens (including phenoxy) is 1. The van der Waals surface area contributed by atoms with E-state index in [9.17, 15) is 18.4 Å². The molecule has 1 aromatic carbocycles. The van der Waals surface area contributed by atoms with Crippen molar-refractivity contribution in [2.75, 3.05) is 20.7 Å². The molecule has 0 unspecified atom stereocenters. The Morgan fingerprint density at radius 1 is 1.27 bits per heavy atom. The number of nitrogens with zero attached hydrogens (tertiary/aromatic N) is 1. The van der Waals surface area contributed by atoms with Crippen LogP contribution in [0, 0.1) is 11.6 Å². The molecule has 2 atom stereocenters. The van der Waals surface area contributed by atoms with Crippen LogP contribution in [0.2, 0.25) is 0 Å². The largest absolute Gasteiger partial charge is 0.464 e. The molecule has 0 heterocycles. The second-order valence-electron chi connectivity index (χ2n) is 4.98. The first-order valence-electron chi connectivity index (χ1n) is 6.86. The van der Waals surface area contributed by atoms with Crippen LogP contribution in [0.1, 0.15) is 25.5 Å². The maximum absolute atomic E-state index is 13.9. The Hall–Kier alpha value is -2.02. The maximum Gasteiger partial charge on any atom is 0.328 e. The number of nitrogens with one attached hydrogen (secondary N) is 1. The highest BCUT2D eigenvalue weighted by atomic mass is 19.1. The summed E-state index contributed by atoms with van der Waals surface area (Å²) in [5.41, 5.74) is -0.360. The Kier molecular flexibility index (Phi) is 6.42. The summed E-state index contributed by atoms with van der Waals surface area (Å²) >= 11 is 0. The molecule has 5 nitrogen and oxygen atoms in total. The fourth-order valence-electron chi connectivity index (χ4n) is 2.01. The molecule has 0 aliphatic carbocycles. The average Bonchev–Trinajstić information content (AvgIpc) is 2.42. The molecular weight excluding hydrogens is 294 g/mol. The van der Waals surface area contributed by atoms with E-state index in [4.69, 9.17) is 4.74 Å². The van der Waals surface area contributed by atoms with Gasteiger partial charge in [0.1, 0.15) is 23.7 Å². The Morgan fingerprint density at radius 2 is 1.82 bits per heavy atom. The van der Waals surface area contributed by atoms with Gasteiger partial charge in [-0.25, -0.2) is 13.6 Å². The molecule has 1 aromatic rings. The third-order valence-electron chi connectivity index (χ3n) is 3.04. The SMILES string of the molecule is CCOC(=O)[C@H](C)NC(=O)[C@@H](c1c(F)cccc1F)N(C)C. The van der Waals surface area contributed by atoms with E-state index in [1.165, 1.54) is 32.0 Å². The topological polar surface area (TPSA) is 58.6 Å². The van der Waals surface area contributed by atoms with Crippen LogP contribution in [0.25, 0.3) is 0 Å². The molecule has 122 valence electrons. The predicted molar refractivity (Wildman–Crippen MR) is 77.0 cm³/mol. The van der Waals surface area contributed by atoms with Crippen molar-refractivity contribution in [3.05, 3.63) is 35.4 Å². The Morgan fingerprint density at radius 3 is 2.27 bits per heavy atom. The lowest BCUT2D eigenvalue weighted by atomic mass is 10.0. The van der Waals surface area contributed by atoms with Crippen LogP contribution < -0.4 is 5.32 Å². The lowest BCUT2D eigenvalue weighted by Gasteiger charge is -2.25.